The van der Waals surface area contributed by atoms with Gasteiger partial charge in [-0.05, 0) is 44.4 Å². The maximum Gasteiger partial charge on any atom is 0.128 e. The van der Waals surface area contributed by atoms with Crippen molar-refractivity contribution in [3.05, 3.63) is 23.9 Å². The van der Waals surface area contributed by atoms with E-state index in [9.17, 15) is 0 Å². The van der Waals surface area contributed by atoms with Crippen molar-refractivity contribution in [3.63, 3.8) is 0 Å². The molecule has 1 aromatic rings. The molecular weight excluding hydrogens is 234 g/mol. The standard InChI is InChI=1S/C16H29N3/c1-6-9-19(14(4)5)16-8-7-15(12-18-16)11-17-10-13(2)3/h7-8,12-14,17H,6,9-11H2,1-5H3. The normalized spacial score (nSPS) is 11.3. The molecule has 0 bridgehead atoms. The molecule has 0 fully saturated rings. The van der Waals surface area contributed by atoms with Gasteiger partial charge in [0, 0.05) is 25.3 Å². The topological polar surface area (TPSA) is 28.2 Å². The van der Waals surface area contributed by atoms with Gasteiger partial charge in [0.05, 0.1) is 0 Å². The first-order chi connectivity index (χ1) is 9.04. The highest BCUT2D eigenvalue weighted by Crippen LogP contribution is 2.15. The fourth-order valence-electron chi connectivity index (χ4n) is 2.07. The van der Waals surface area contributed by atoms with Crippen LogP contribution in [0.5, 0.6) is 0 Å². The van der Waals surface area contributed by atoms with E-state index < -0.39 is 0 Å². The fraction of sp³-hybridized carbons (Fsp3) is 0.688. The summed E-state index contributed by atoms with van der Waals surface area (Å²) in [5, 5.41) is 3.44. The lowest BCUT2D eigenvalue weighted by Crippen LogP contribution is -2.32. The summed E-state index contributed by atoms with van der Waals surface area (Å²) in [5.41, 5.74) is 1.25. The summed E-state index contributed by atoms with van der Waals surface area (Å²) in [6.07, 6.45) is 3.14. The average Bonchev–Trinajstić information content (AvgIpc) is 2.36. The Hall–Kier alpha value is -1.09. The van der Waals surface area contributed by atoms with Crippen molar-refractivity contribution in [2.24, 2.45) is 5.92 Å². The van der Waals surface area contributed by atoms with Gasteiger partial charge >= 0.3 is 0 Å². The molecule has 0 aliphatic rings. The van der Waals surface area contributed by atoms with Crippen molar-refractivity contribution in [2.75, 3.05) is 18.0 Å². The van der Waals surface area contributed by atoms with Crippen LogP contribution in [0.25, 0.3) is 0 Å². The number of nitrogens with zero attached hydrogens (tertiary/aromatic N) is 2. The van der Waals surface area contributed by atoms with Gasteiger partial charge in [0.15, 0.2) is 0 Å². The van der Waals surface area contributed by atoms with Crippen LogP contribution in [0.3, 0.4) is 0 Å². The van der Waals surface area contributed by atoms with Crippen molar-refractivity contribution in [1.29, 1.82) is 0 Å². The van der Waals surface area contributed by atoms with E-state index in [0.717, 1.165) is 31.9 Å². The Bertz CT molecular complexity index is 344. The van der Waals surface area contributed by atoms with Gasteiger partial charge in [-0.2, -0.15) is 0 Å². The third-order valence-corrected chi connectivity index (χ3v) is 3.07. The number of nitrogens with one attached hydrogen (secondary N) is 1. The minimum atomic E-state index is 0.498. The predicted molar refractivity (Wildman–Crippen MR) is 83.6 cm³/mol. The number of pyridine rings is 1. The van der Waals surface area contributed by atoms with Crippen LogP contribution in [0.4, 0.5) is 5.82 Å². The van der Waals surface area contributed by atoms with Crippen LogP contribution in [-0.4, -0.2) is 24.1 Å². The Morgan fingerprint density at radius 1 is 1.21 bits per heavy atom. The first kappa shape index (κ1) is 16.0. The fourth-order valence-corrected chi connectivity index (χ4v) is 2.07. The third-order valence-electron chi connectivity index (χ3n) is 3.07. The summed E-state index contributed by atoms with van der Waals surface area (Å²) in [7, 11) is 0. The van der Waals surface area contributed by atoms with E-state index in [1.165, 1.54) is 5.56 Å². The van der Waals surface area contributed by atoms with Gasteiger partial charge in [-0.1, -0.05) is 26.8 Å². The molecule has 0 spiro atoms. The van der Waals surface area contributed by atoms with Gasteiger partial charge < -0.3 is 10.2 Å². The van der Waals surface area contributed by atoms with E-state index in [1.807, 2.05) is 6.20 Å². The maximum atomic E-state index is 4.60. The summed E-state index contributed by atoms with van der Waals surface area (Å²) >= 11 is 0. The molecule has 0 aliphatic heterocycles. The van der Waals surface area contributed by atoms with Crippen molar-refractivity contribution < 1.29 is 0 Å². The molecule has 0 saturated carbocycles. The summed E-state index contributed by atoms with van der Waals surface area (Å²) in [4.78, 5) is 6.96. The number of hydrogen-bond acceptors (Lipinski definition) is 3. The first-order valence-electron chi connectivity index (χ1n) is 7.46. The van der Waals surface area contributed by atoms with Crippen LogP contribution in [0, 0.1) is 5.92 Å². The molecule has 1 aromatic heterocycles. The van der Waals surface area contributed by atoms with E-state index in [4.69, 9.17) is 0 Å². The Labute approximate surface area is 118 Å². The van der Waals surface area contributed by atoms with Crippen molar-refractivity contribution in [1.82, 2.24) is 10.3 Å². The van der Waals surface area contributed by atoms with Gasteiger partial charge in [0.2, 0.25) is 0 Å². The largest absolute Gasteiger partial charge is 0.354 e. The lowest BCUT2D eigenvalue weighted by Gasteiger charge is -2.27. The van der Waals surface area contributed by atoms with Crippen LogP contribution in [0.15, 0.2) is 18.3 Å². The lowest BCUT2D eigenvalue weighted by molar-refractivity contribution is 0.551. The van der Waals surface area contributed by atoms with E-state index in [2.05, 4.69) is 62.0 Å². The first-order valence-corrected chi connectivity index (χ1v) is 7.46. The third kappa shape index (κ3) is 5.60. The highest BCUT2D eigenvalue weighted by atomic mass is 15.2. The Morgan fingerprint density at radius 2 is 1.95 bits per heavy atom. The molecule has 108 valence electrons. The quantitative estimate of drug-likeness (QED) is 0.778. The molecule has 1 N–H and O–H groups in total. The molecule has 19 heavy (non-hydrogen) atoms. The Kier molecular flexibility index (Phi) is 6.85. The molecule has 0 amide bonds. The van der Waals surface area contributed by atoms with E-state index in [1.54, 1.807) is 0 Å². The van der Waals surface area contributed by atoms with Crippen LogP contribution in [0.2, 0.25) is 0 Å². The van der Waals surface area contributed by atoms with Gasteiger partial charge in [0.1, 0.15) is 5.82 Å². The second kappa shape index (κ2) is 8.16. The number of hydrogen-bond donors (Lipinski definition) is 1. The van der Waals surface area contributed by atoms with Gasteiger partial charge in [0.25, 0.3) is 0 Å². The Balaban J connectivity index is 2.59. The summed E-state index contributed by atoms with van der Waals surface area (Å²) < 4.78 is 0. The molecule has 0 radical (unpaired) electrons. The summed E-state index contributed by atoms with van der Waals surface area (Å²) in [6.45, 7) is 14.1. The molecule has 3 nitrogen and oxygen atoms in total. The van der Waals surface area contributed by atoms with E-state index in [0.29, 0.717) is 12.0 Å². The second-order valence-corrected chi connectivity index (χ2v) is 5.84. The number of aromatic nitrogens is 1. The maximum absolute atomic E-state index is 4.60. The minimum Gasteiger partial charge on any atom is -0.354 e. The van der Waals surface area contributed by atoms with Gasteiger partial charge in [-0.3, -0.25) is 0 Å². The summed E-state index contributed by atoms with van der Waals surface area (Å²) in [6, 6.07) is 4.82. The van der Waals surface area contributed by atoms with Crippen LogP contribution in [0.1, 0.15) is 46.6 Å². The van der Waals surface area contributed by atoms with E-state index >= 15 is 0 Å². The van der Waals surface area contributed by atoms with Crippen LogP contribution in [-0.2, 0) is 6.54 Å². The van der Waals surface area contributed by atoms with Crippen molar-refractivity contribution in [3.8, 4) is 0 Å². The lowest BCUT2D eigenvalue weighted by atomic mass is 10.2. The molecule has 1 heterocycles. The van der Waals surface area contributed by atoms with E-state index in [-0.39, 0.29) is 0 Å². The molecule has 0 unspecified atom stereocenters. The van der Waals surface area contributed by atoms with Crippen molar-refractivity contribution in [2.45, 2.75) is 53.6 Å². The Morgan fingerprint density at radius 3 is 2.42 bits per heavy atom. The molecule has 0 aliphatic carbocycles. The second-order valence-electron chi connectivity index (χ2n) is 5.84. The summed E-state index contributed by atoms with van der Waals surface area (Å²) in [5.74, 6) is 1.78. The molecule has 0 aromatic carbocycles. The molecule has 0 saturated heterocycles. The SMILES string of the molecule is CCCN(c1ccc(CNCC(C)C)cn1)C(C)C. The zero-order valence-electron chi connectivity index (χ0n) is 13.1. The zero-order valence-corrected chi connectivity index (χ0v) is 13.1. The molecule has 1 rings (SSSR count). The van der Waals surface area contributed by atoms with Crippen LogP contribution >= 0.6 is 0 Å². The predicted octanol–water partition coefficient (Wildman–Crippen LogP) is 3.45. The number of anilines is 1. The highest BCUT2D eigenvalue weighted by molar-refractivity contribution is 5.40. The highest BCUT2D eigenvalue weighted by Gasteiger charge is 2.10. The molecule has 3 heteroatoms. The van der Waals surface area contributed by atoms with Crippen LogP contribution < -0.4 is 10.2 Å². The number of rotatable bonds is 8. The average molecular weight is 263 g/mol. The molecular formula is C16H29N3. The zero-order chi connectivity index (χ0) is 14.3. The smallest absolute Gasteiger partial charge is 0.128 e. The van der Waals surface area contributed by atoms with Crippen molar-refractivity contribution >= 4 is 5.82 Å². The monoisotopic (exact) mass is 263 g/mol. The molecule has 0 atom stereocenters. The van der Waals surface area contributed by atoms with Gasteiger partial charge in [-0.15, -0.1) is 0 Å². The van der Waals surface area contributed by atoms with Gasteiger partial charge in [-0.25, -0.2) is 4.98 Å². The minimum absolute atomic E-state index is 0.498.